The van der Waals surface area contributed by atoms with E-state index in [1.807, 2.05) is 29.3 Å². The van der Waals surface area contributed by atoms with E-state index in [-0.39, 0.29) is 6.04 Å². The maximum atomic E-state index is 4.27. The highest BCUT2D eigenvalue weighted by Gasteiger charge is 2.18. The number of hydrogen-bond acceptors (Lipinski definition) is 3. The van der Waals surface area contributed by atoms with Crippen LogP contribution in [0, 0.1) is 0 Å². The summed E-state index contributed by atoms with van der Waals surface area (Å²) in [6, 6.07) is 11.7. The number of fused-ring (bicyclic) bond motifs is 1. The van der Waals surface area contributed by atoms with Gasteiger partial charge >= 0.3 is 0 Å². The van der Waals surface area contributed by atoms with Gasteiger partial charge in [0.05, 0.1) is 12.2 Å². The molecule has 0 spiro atoms. The molecule has 4 heteroatoms. The molecule has 0 aliphatic heterocycles. The number of benzene rings is 1. The SMILES string of the molecule is Cn1cc(CNC(c2ccc3c(c2)CCCC3)c2cccs2)cn1. The van der Waals surface area contributed by atoms with E-state index in [1.54, 1.807) is 11.1 Å². The molecule has 1 atom stereocenters. The summed E-state index contributed by atoms with van der Waals surface area (Å²) >= 11 is 1.82. The molecule has 0 radical (unpaired) electrons. The second-order valence-corrected chi connectivity index (χ2v) is 7.57. The summed E-state index contributed by atoms with van der Waals surface area (Å²) in [6.07, 6.45) is 9.13. The van der Waals surface area contributed by atoms with Crippen LogP contribution in [0.3, 0.4) is 0 Å². The van der Waals surface area contributed by atoms with Crippen LogP contribution in [-0.4, -0.2) is 9.78 Å². The first-order chi connectivity index (χ1) is 11.8. The quantitative estimate of drug-likeness (QED) is 0.755. The fourth-order valence-corrected chi connectivity index (χ4v) is 4.38. The van der Waals surface area contributed by atoms with Crippen LogP contribution in [0.2, 0.25) is 0 Å². The van der Waals surface area contributed by atoms with Crippen molar-refractivity contribution in [3.8, 4) is 0 Å². The number of thiophene rings is 1. The first-order valence-electron chi connectivity index (χ1n) is 8.65. The van der Waals surface area contributed by atoms with Crippen molar-refractivity contribution in [3.05, 3.63) is 75.2 Å². The van der Waals surface area contributed by atoms with E-state index in [0.29, 0.717) is 0 Å². The van der Waals surface area contributed by atoms with Gasteiger partial charge in [0.15, 0.2) is 0 Å². The second-order valence-electron chi connectivity index (χ2n) is 6.59. The molecule has 2 aromatic heterocycles. The molecule has 124 valence electrons. The Labute approximate surface area is 147 Å². The van der Waals surface area contributed by atoms with Crippen LogP contribution in [0.25, 0.3) is 0 Å². The van der Waals surface area contributed by atoms with E-state index in [9.17, 15) is 0 Å². The topological polar surface area (TPSA) is 29.9 Å². The minimum absolute atomic E-state index is 0.248. The Balaban J connectivity index is 1.60. The smallest absolute Gasteiger partial charge is 0.0673 e. The van der Waals surface area contributed by atoms with Crippen LogP contribution in [0.1, 0.15) is 46.0 Å². The highest BCUT2D eigenvalue weighted by molar-refractivity contribution is 7.10. The molecule has 1 aliphatic carbocycles. The molecule has 1 N–H and O–H groups in total. The first-order valence-corrected chi connectivity index (χ1v) is 9.53. The van der Waals surface area contributed by atoms with Crippen LogP contribution in [-0.2, 0) is 26.4 Å². The number of rotatable bonds is 5. The lowest BCUT2D eigenvalue weighted by molar-refractivity contribution is 0.609. The van der Waals surface area contributed by atoms with Gasteiger partial charge in [-0.05, 0) is 53.8 Å². The lowest BCUT2D eigenvalue weighted by Gasteiger charge is -2.22. The van der Waals surface area contributed by atoms with Gasteiger partial charge in [0.2, 0.25) is 0 Å². The Morgan fingerprint density at radius 3 is 2.83 bits per heavy atom. The van der Waals surface area contributed by atoms with Crippen molar-refractivity contribution in [2.75, 3.05) is 0 Å². The van der Waals surface area contributed by atoms with Gasteiger partial charge in [0, 0.05) is 30.2 Å². The van der Waals surface area contributed by atoms with Gasteiger partial charge in [0.25, 0.3) is 0 Å². The number of aryl methyl sites for hydroxylation is 3. The van der Waals surface area contributed by atoms with Crippen molar-refractivity contribution in [2.45, 2.75) is 38.3 Å². The van der Waals surface area contributed by atoms with Gasteiger partial charge in [-0.3, -0.25) is 4.68 Å². The first kappa shape index (κ1) is 15.6. The van der Waals surface area contributed by atoms with Crippen molar-refractivity contribution in [2.24, 2.45) is 7.05 Å². The lowest BCUT2D eigenvalue weighted by Crippen LogP contribution is -2.21. The summed E-state index contributed by atoms with van der Waals surface area (Å²) in [7, 11) is 1.96. The Morgan fingerprint density at radius 2 is 2.08 bits per heavy atom. The predicted octanol–water partition coefficient (Wildman–Crippen LogP) is 4.24. The Bertz CT molecular complexity index is 804. The number of aromatic nitrogens is 2. The van der Waals surface area contributed by atoms with E-state index in [1.165, 1.54) is 41.7 Å². The van der Waals surface area contributed by atoms with E-state index in [4.69, 9.17) is 0 Å². The molecule has 4 rings (SSSR count). The van der Waals surface area contributed by atoms with E-state index < -0.39 is 0 Å². The maximum Gasteiger partial charge on any atom is 0.0673 e. The normalized spacial score (nSPS) is 15.2. The van der Waals surface area contributed by atoms with Gasteiger partial charge in [-0.2, -0.15) is 5.10 Å². The van der Waals surface area contributed by atoms with Crippen molar-refractivity contribution < 1.29 is 0 Å². The van der Waals surface area contributed by atoms with Gasteiger partial charge in [-0.15, -0.1) is 11.3 Å². The molecule has 0 fully saturated rings. The molecule has 0 amide bonds. The molecular weight excluding hydrogens is 314 g/mol. The third kappa shape index (κ3) is 3.30. The van der Waals surface area contributed by atoms with Gasteiger partial charge < -0.3 is 5.32 Å². The summed E-state index contributed by atoms with van der Waals surface area (Å²) in [4.78, 5) is 1.37. The fourth-order valence-electron chi connectivity index (χ4n) is 3.55. The van der Waals surface area contributed by atoms with Crippen LogP contribution < -0.4 is 5.32 Å². The average molecular weight is 337 g/mol. The van der Waals surface area contributed by atoms with Crippen molar-refractivity contribution >= 4 is 11.3 Å². The molecule has 1 aromatic carbocycles. The number of nitrogens with zero attached hydrogens (tertiary/aromatic N) is 2. The third-order valence-electron chi connectivity index (χ3n) is 4.80. The summed E-state index contributed by atoms with van der Waals surface area (Å²) < 4.78 is 1.86. The average Bonchev–Trinajstić information content (AvgIpc) is 3.27. The lowest BCUT2D eigenvalue weighted by atomic mass is 9.89. The summed E-state index contributed by atoms with van der Waals surface area (Å²) in [6.45, 7) is 0.827. The van der Waals surface area contributed by atoms with E-state index in [2.05, 4.69) is 52.3 Å². The summed E-state index contributed by atoms with van der Waals surface area (Å²) in [5, 5.41) is 10.2. The minimum Gasteiger partial charge on any atom is -0.301 e. The van der Waals surface area contributed by atoms with E-state index >= 15 is 0 Å². The molecule has 1 unspecified atom stereocenters. The zero-order valence-corrected chi connectivity index (χ0v) is 14.9. The number of hydrogen-bond donors (Lipinski definition) is 1. The highest BCUT2D eigenvalue weighted by Crippen LogP contribution is 2.30. The zero-order chi connectivity index (χ0) is 16.4. The molecular formula is C20H23N3S. The number of nitrogens with one attached hydrogen (secondary N) is 1. The monoisotopic (exact) mass is 337 g/mol. The van der Waals surface area contributed by atoms with Crippen LogP contribution in [0.4, 0.5) is 0 Å². The predicted molar refractivity (Wildman–Crippen MR) is 99.3 cm³/mol. The molecule has 1 aliphatic rings. The third-order valence-corrected chi connectivity index (χ3v) is 5.74. The van der Waals surface area contributed by atoms with Gasteiger partial charge in [-0.1, -0.05) is 24.3 Å². The van der Waals surface area contributed by atoms with Gasteiger partial charge in [0.1, 0.15) is 0 Å². The van der Waals surface area contributed by atoms with E-state index in [0.717, 1.165) is 6.54 Å². The standard InChI is InChI=1S/C20H23N3S/c1-23-14-15(13-22-23)12-21-20(19-7-4-10-24-19)18-9-8-16-5-2-3-6-17(16)11-18/h4,7-11,13-14,20-21H,2-3,5-6,12H2,1H3. The Kier molecular flexibility index (Phi) is 4.50. The molecule has 0 bridgehead atoms. The Hall–Kier alpha value is -1.91. The van der Waals surface area contributed by atoms with Crippen LogP contribution >= 0.6 is 11.3 Å². The fraction of sp³-hybridized carbons (Fsp3) is 0.350. The molecule has 0 saturated carbocycles. The molecule has 3 aromatic rings. The molecule has 3 nitrogen and oxygen atoms in total. The largest absolute Gasteiger partial charge is 0.301 e. The zero-order valence-electron chi connectivity index (χ0n) is 14.0. The maximum absolute atomic E-state index is 4.27. The van der Waals surface area contributed by atoms with Crippen molar-refractivity contribution in [1.29, 1.82) is 0 Å². The van der Waals surface area contributed by atoms with Crippen molar-refractivity contribution in [1.82, 2.24) is 15.1 Å². The van der Waals surface area contributed by atoms with Gasteiger partial charge in [-0.25, -0.2) is 0 Å². The highest BCUT2D eigenvalue weighted by atomic mass is 32.1. The summed E-state index contributed by atoms with van der Waals surface area (Å²) in [5.41, 5.74) is 5.68. The van der Waals surface area contributed by atoms with Crippen LogP contribution in [0.15, 0.2) is 48.1 Å². The molecule has 2 heterocycles. The molecule has 0 saturated heterocycles. The molecule has 24 heavy (non-hydrogen) atoms. The minimum atomic E-state index is 0.248. The van der Waals surface area contributed by atoms with Crippen molar-refractivity contribution in [3.63, 3.8) is 0 Å². The summed E-state index contributed by atoms with van der Waals surface area (Å²) in [5.74, 6) is 0. The Morgan fingerprint density at radius 1 is 1.21 bits per heavy atom. The van der Waals surface area contributed by atoms with Crippen LogP contribution in [0.5, 0.6) is 0 Å². The second kappa shape index (κ2) is 6.91.